The normalized spacial score (nSPS) is 10.7. The first-order valence-electron chi connectivity index (χ1n) is 13.7. The first-order valence-corrected chi connectivity index (χ1v) is 15.4. The lowest BCUT2D eigenvalue weighted by Gasteiger charge is -2.19. The summed E-state index contributed by atoms with van der Waals surface area (Å²) in [7, 11) is -0.0471. The minimum absolute atomic E-state index is 0.545. The molecule has 0 aromatic heterocycles. The van der Waals surface area contributed by atoms with E-state index in [1.165, 1.54) is 0 Å². The summed E-state index contributed by atoms with van der Waals surface area (Å²) in [6.45, 7) is 7.05. The number of carboxylic acids is 1. The fourth-order valence-corrected chi connectivity index (χ4v) is 5.66. The second kappa shape index (κ2) is 16.6. The van der Waals surface area contributed by atoms with Gasteiger partial charge in [0.1, 0.15) is 11.5 Å². The molecular weight excluding hydrogens is 591 g/mol. The van der Waals surface area contributed by atoms with Gasteiger partial charge in [0.15, 0.2) is 0 Å². The number of hydrogen-bond acceptors (Lipinski definition) is 6. The molecule has 4 aromatic rings. The number of isocyanates is 1. The number of carbonyl (C=O) groups excluding carboxylic acids is 1. The third kappa shape index (κ3) is 9.95. The van der Waals surface area contributed by atoms with E-state index >= 15 is 0 Å². The molecule has 0 aliphatic rings. The Kier molecular flexibility index (Phi) is 13.3. The number of rotatable bonds is 9. The number of carbonyl (C=O) groups is 1. The molecule has 4 aromatic carbocycles. The van der Waals surface area contributed by atoms with Gasteiger partial charge in [-0.2, -0.15) is 4.99 Å². The number of aliphatic carboxylic acids is 1. The molecule has 1 N–H and O–H groups in total. The van der Waals surface area contributed by atoms with Crippen LogP contribution in [-0.4, -0.2) is 31.4 Å². The number of methoxy groups -OCH3 is 2. The highest BCUT2D eigenvalue weighted by molar-refractivity contribution is 7.77. The van der Waals surface area contributed by atoms with E-state index in [1.807, 2.05) is 50.2 Å². The molecule has 0 spiro atoms. The minimum Gasteiger partial charge on any atom is -0.497 e. The van der Waals surface area contributed by atoms with E-state index in [2.05, 4.69) is 14.8 Å². The van der Waals surface area contributed by atoms with Gasteiger partial charge in [-0.1, -0.05) is 84.9 Å². The SMILES string of the molecule is COc1cccc(C(C)(C)C(=O)O)c1.COc1cccc(C(C)(C)N=C=O)c1.[N-]=[N+]=NP(=O)(c1ccccc1)c1ccccc1. The number of hydrogen-bond donors (Lipinski definition) is 1. The quantitative estimate of drug-likeness (QED) is 0.0505. The molecule has 0 aliphatic heterocycles. The summed E-state index contributed by atoms with van der Waals surface area (Å²) < 4.78 is 22.9. The van der Waals surface area contributed by atoms with E-state index in [9.17, 15) is 14.2 Å². The second-order valence-corrected chi connectivity index (χ2v) is 12.9. The predicted octanol–water partition coefficient (Wildman–Crippen LogP) is 7.55. The zero-order chi connectivity index (χ0) is 33.5. The Morgan fingerprint density at radius 2 is 1.22 bits per heavy atom. The highest BCUT2D eigenvalue weighted by Crippen LogP contribution is 2.44. The summed E-state index contributed by atoms with van der Waals surface area (Å²) in [5.74, 6) is 0.597. The zero-order valence-electron chi connectivity index (χ0n) is 26.1. The molecule has 0 radical (unpaired) electrons. The summed E-state index contributed by atoms with van der Waals surface area (Å²) in [5.41, 5.74) is 8.86. The number of ether oxygens (including phenoxy) is 2. The lowest BCUT2D eigenvalue weighted by molar-refractivity contribution is -0.142. The van der Waals surface area contributed by atoms with Gasteiger partial charge in [0.2, 0.25) is 13.4 Å². The van der Waals surface area contributed by atoms with Gasteiger partial charge in [-0.15, -0.1) is 0 Å². The van der Waals surface area contributed by atoms with Crippen molar-refractivity contribution in [3.05, 3.63) is 131 Å². The molecule has 0 aliphatic carbocycles. The molecule has 0 bridgehead atoms. The van der Waals surface area contributed by atoms with Gasteiger partial charge in [-0.25, -0.2) is 4.79 Å². The summed E-state index contributed by atoms with van der Waals surface area (Å²) >= 11 is 0. The first-order chi connectivity index (χ1) is 21.3. The van der Waals surface area contributed by atoms with Gasteiger partial charge in [-0.3, -0.25) is 4.79 Å². The van der Waals surface area contributed by atoms with Crippen molar-refractivity contribution in [2.45, 2.75) is 38.6 Å². The topological polar surface area (TPSA) is 151 Å². The van der Waals surface area contributed by atoms with Crippen molar-refractivity contribution >= 4 is 30.0 Å². The summed E-state index contributed by atoms with van der Waals surface area (Å²) in [4.78, 5) is 31.2. The van der Waals surface area contributed by atoms with Crippen LogP contribution in [0.25, 0.3) is 10.4 Å². The highest BCUT2D eigenvalue weighted by atomic mass is 31.2. The summed E-state index contributed by atoms with van der Waals surface area (Å²) in [6, 6.07) is 32.2. The smallest absolute Gasteiger partial charge is 0.313 e. The Labute approximate surface area is 263 Å². The average Bonchev–Trinajstić information content (AvgIpc) is 3.06. The van der Waals surface area contributed by atoms with E-state index in [0.29, 0.717) is 16.4 Å². The van der Waals surface area contributed by atoms with Crippen LogP contribution in [0, 0.1) is 0 Å². The molecule has 0 amide bonds. The van der Waals surface area contributed by atoms with Gasteiger partial charge < -0.3 is 19.1 Å². The van der Waals surface area contributed by atoms with Gasteiger partial charge in [0.25, 0.3) is 0 Å². The van der Waals surface area contributed by atoms with Crippen LogP contribution < -0.4 is 20.1 Å². The van der Waals surface area contributed by atoms with Gasteiger partial charge in [-0.05, 0) is 73.5 Å². The third-order valence-corrected chi connectivity index (χ3v) is 9.13. The Morgan fingerprint density at radius 1 is 0.778 bits per heavy atom. The van der Waals surface area contributed by atoms with Crippen molar-refractivity contribution in [1.29, 1.82) is 0 Å². The predicted molar refractivity (Wildman–Crippen MR) is 177 cm³/mol. The number of aliphatic imine (C=N–C) groups is 1. The van der Waals surface area contributed by atoms with Crippen LogP contribution in [0.3, 0.4) is 0 Å². The largest absolute Gasteiger partial charge is 0.497 e. The summed E-state index contributed by atoms with van der Waals surface area (Å²) in [5, 5.41) is 10.1. The maximum atomic E-state index is 12.8. The van der Waals surface area contributed by atoms with Crippen molar-refractivity contribution in [1.82, 2.24) is 0 Å². The van der Waals surface area contributed by atoms with Crippen LogP contribution in [0.2, 0.25) is 0 Å². The van der Waals surface area contributed by atoms with Crippen LogP contribution >= 0.6 is 7.29 Å². The van der Waals surface area contributed by atoms with Crippen molar-refractivity contribution in [2.24, 2.45) is 9.88 Å². The van der Waals surface area contributed by atoms with Crippen LogP contribution in [0.1, 0.15) is 38.8 Å². The monoisotopic (exact) mass is 628 g/mol. The Morgan fingerprint density at radius 3 is 1.62 bits per heavy atom. The van der Waals surface area contributed by atoms with E-state index in [-0.39, 0.29) is 0 Å². The van der Waals surface area contributed by atoms with Crippen molar-refractivity contribution in [3.63, 3.8) is 0 Å². The van der Waals surface area contributed by atoms with Crippen molar-refractivity contribution in [3.8, 4) is 11.5 Å². The Bertz CT molecular complexity index is 1600. The van der Waals surface area contributed by atoms with E-state index in [0.717, 1.165) is 16.9 Å². The minimum atomic E-state index is -3.22. The molecule has 0 saturated heterocycles. The maximum absolute atomic E-state index is 12.8. The van der Waals surface area contributed by atoms with E-state index in [4.69, 9.17) is 20.1 Å². The molecule has 234 valence electrons. The molecule has 0 atom stereocenters. The van der Waals surface area contributed by atoms with Gasteiger partial charge >= 0.3 is 5.97 Å². The average molecular weight is 629 g/mol. The lowest BCUT2D eigenvalue weighted by Crippen LogP contribution is -2.28. The Hall–Kier alpha value is -5.13. The number of benzene rings is 4. The fraction of sp³-hybridized carbons (Fsp3) is 0.235. The number of azide groups is 1. The molecule has 0 saturated carbocycles. The van der Waals surface area contributed by atoms with Crippen molar-refractivity contribution in [2.75, 3.05) is 14.2 Å². The third-order valence-electron chi connectivity index (χ3n) is 6.81. The van der Waals surface area contributed by atoms with Crippen LogP contribution in [0.4, 0.5) is 0 Å². The molecular formula is C34H37N4O6P. The standard InChI is InChI=1S/C12H10N3OP.C11H13NO2.C11H14O3/c13-14-15-17(16,11-7-3-1-4-8-11)12-9-5-2-6-10-12;1-11(2,12-8-13)9-5-4-6-10(7-9)14-3;1-11(2,10(12)13)8-5-4-6-9(7-8)14-3/h1-10H;4-7H,1-3H3;4-7H,1-3H3,(H,12,13). The molecule has 4 rings (SSSR count). The summed E-state index contributed by atoms with van der Waals surface area (Å²) in [6.07, 6.45) is 1.58. The molecule has 10 nitrogen and oxygen atoms in total. The second-order valence-electron chi connectivity index (χ2n) is 10.6. The van der Waals surface area contributed by atoms with E-state index < -0.39 is 24.2 Å². The first kappa shape index (κ1) is 36.1. The highest BCUT2D eigenvalue weighted by Gasteiger charge is 2.29. The fourth-order valence-electron chi connectivity index (χ4n) is 3.89. The van der Waals surface area contributed by atoms with Gasteiger partial charge in [0, 0.05) is 15.5 Å². The van der Waals surface area contributed by atoms with Crippen molar-refractivity contribution < 1.29 is 28.7 Å². The number of carboxylic acid groups (broad SMARTS) is 1. The Balaban J connectivity index is 0.000000237. The lowest BCUT2D eigenvalue weighted by atomic mass is 9.85. The van der Waals surface area contributed by atoms with E-state index in [1.54, 1.807) is 107 Å². The van der Waals surface area contributed by atoms with Crippen LogP contribution in [0.15, 0.2) is 119 Å². The van der Waals surface area contributed by atoms with Crippen LogP contribution in [0.5, 0.6) is 11.5 Å². The molecule has 0 fully saturated rings. The zero-order valence-corrected chi connectivity index (χ0v) is 27.0. The van der Waals surface area contributed by atoms with Crippen LogP contribution in [-0.2, 0) is 25.1 Å². The molecule has 0 heterocycles. The van der Waals surface area contributed by atoms with Gasteiger partial charge in [0.05, 0.1) is 25.2 Å². The molecule has 11 heteroatoms. The molecule has 0 unspecified atom stereocenters. The number of nitrogens with zero attached hydrogens (tertiary/aromatic N) is 4. The maximum Gasteiger partial charge on any atom is 0.313 e. The molecule has 45 heavy (non-hydrogen) atoms.